The molecule has 2 rings (SSSR count). The van der Waals surface area contributed by atoms with Crippen LogP contribution in [-0.2, 0) is 9.53 Å². The summed E-state index contributed by atoms with van der Waals surface area (Å²) in [6.07, 6.45) is 0.773. The van der Waals surface area contributed by atoms with E-state index in [2.05, 4.69) is 5.32 Å². The van der Waals surface area contributed by atoms with Crippen LogP contribution in [0.2, 0.25) is 5.02 Å². The lowest BCUT2D eigenvalue weighted by Gasteiger charge is -2.10. The highest BCUT2D eigenvalue weighted by Gasteiger charge is 2.07. The lowest BCUT2D eigenvalue weighted by Crippen LogP contribution is -2.30. The first-order chi connectivity index (χ1) is 11.2. The Hall–Kier alpha value is -2.04. The molecule has 0 unspecified atom stereocenters. The fourth-order valence-corrected chi connectivity index (χ4v) is 2.30. The smallest absolute Gasteiger partial charge is 0.257 e. The van der Waals surface area contributed by atoms with Crippen LogP contribution in [0.25, 0.3) is 11.1 Å². The van der Waals surface area contributed by atoms with Gasteiger partial charge in [-0.2, -0.15) is 0 Å². The van der Waals surface area contributed by atoms with Crippen molar-refractivity contribution in [2.45, 2.75) is 6.42 Å². The summed E-state index contributed by atoms with van der Waals surface area (Å²) >= 11 is 6.24. The van der Waals surface area contributed by atoms with E-state index in [0.717, 1.165) is 17.5 Å². The third-order valence-corrected chi connectivity index (χ3v) is 3.54. The van der Waals surface area contributed by atoms with Gasteiger partial charge < -0.3 is 14.8 Å². The summed E-state index contributed by atoms with van der Waals surface area (Å²) in [6.45, 7) is 1.13. The van der Waals surface area contributed by atoms with E-state index in [0.29, 0.717) is 23.9 Å². The zero-order valence-corrected chi connectivity index (χ0v) is 13.8. The van der Waals surface area contributed by atoms with Crippen molar-refractivity contribution in [1.29, 1.82) is 0 Å². The fourth-order valence-electron chi connectivity index (χ4n) is 2.07. The molecule has 0 spiro atoms. The van der Waals surface area contributed by atoms with Gasteiger partial charge in [0.25, 0.3) is 5.91 Å². The van der Waals surface area contributed by atoms with Crippen LogP contribution >= 0.6 is 11.6 Å². The van der Waals surface area contributed by atoms with E-state index < -0.39 is 0 Å². The molecule has 0 fully saturated rings. The highest BCUT2D eigenvalue weighted by molar-refractivity contribution is 6.32. The number of hydrogen-bond acceptors (Lipinski definition) is 3. The number of hydrogen-bond donors (Lipinski definition) is 1. The molecule has 23 heavy (non-hydrogen) atoms. The van der Waals surface area contributed by atoms with E-state index in [4.69, 9.17) is 21.1 Å². The number of benzene rings is 2. The lowest BCUT2D eigenvalue weighted by molar-refractivity contribution is -0.123. The van der Waals surface area contributed by atoms with Gasteiger partial charge in [0.15, 0.2) is 6.61 Å². The van der Waals surface area contributed by atoms with Crippen LogP contribution in [-0.4, -0.2) is 32.8 Å². The maximum Gasteiger partial charge on any atom is 0.257 e. The van der Waals surface area contributed by atoms with Crippen LogP contribution in [0, 0.1) is 0 Å². The molecule has 1 N–H and O–H groups in total. The second-order valence-corrected chi connectivity index (χ2v) is 5.40. The molecule has 0 saturated carbocycles. The number of halogens is 1. The number of carbonyl (C=O) groups excluding carboxylic acids is 1. The third-order valence-electron chi connectivity index (χ3n) is 3.25. The molecule has 0 saturated heterocycles. The van der Waals surface area contributed by atoms with Gasteiger partial charge in [0, 0.05) is 20.3 Å². The van der Waals surface area contributed by atoms with Crippen molar-refractivity contribution in [2.24, 2.45) is 0 Å². The standard InChI is InChI=1S/C18H20ClNO3/c1-22-11-5-10-20-18(21)13-23-17-9-8-15(12-16(17)19)14-6-3-2-4-7-14/h2-4,6-9,12H,5,10-11,13H2,1H3,(H,20,21). The largest absolute Gasteiger partial charge is 0.482 e. The minimum Gasteiger partial charge on any atom is -0.482 e. The first-order valence-corrected chi connectivity index (χ1v) is 7.82. The van der Waals surface area contributed by atoms with Gasteiger partial charge in [-0.15, -0.1) is 0 Å². The Bertz CT molecular complexity index is 631. The molecule has 0 aliphatic rings. The molecule has 0 radical (unpaired) electrons. The Morgan fingerprint density at radius 1 is 1.13 bits per heavy atom. The second-order valence-electron chi connectivity index (χ2n) is 5.00. The van der Waals surface area contributed by atoms with Gasteiger partial charge >= 0.3 is 0 Å². The van der Waals surface area contributed by atoms with E-state index >= 15 is 0 Å². The SMILES string of the molecule is COCCCNC(=O)COc1ccc(-c2ccccc2)cc1Cl. The van der Waals surface area contributed by atoms with Gasteiger partial charge in [0.1, 0.15) is 5.75 Å². The molecule has 0 bridgehead atoms. The number of nitrogens with one attached hydrogen (secondary N) is 1. The number of amides is 1. The van der Waals surface area contributed by atoms with Gasteiger partial charge in [-0.3, -0.25) is 4.79 Å². The van der Waals surface area contributed by atoms with E-state index in [-0.39, 0.29) is 12.5 Å². The second kappa shape index (κ2) is 9.18. The zero-order chi connectivity index (χ0) is 16.5. The molecule has 4 nitrogen and oxygen atoms in total. The molecule has 0 atom stereocenters. The molecule has 0 heterocycles. The average Bonchev–Trinajstić information content (AvgIpc) is 2.58. The summed E-state index contributed by atoms with van der Waals surface area (Å²) < 4.78 is 10.4. The van der Waals surface area contributed by atoms with Crippen LogP contribution in [0.3, 0.4) is 0 Å². The van der Waals surface area contributed by atoms with Gasteiger partial charge in [-0.25, -0.2) is 0 Å². The predicted octanol–water partition coefficient (Wildman–Crippen LogP) is 3.54. The van der Waals surface area contributed by atoms with Crippen molar-refractivity contribution in [1.82, 2.24) is 5.32 Å². The molecule has 1 amide bonds. The predicted molar refractivity (Wildman–Crippen MR) is 91.9 cm³/mol. The quantitative estimate of drug-likeness (QED) is 0.752. The summed E-state index contributed by atoms with van der Waals surface area (Å²) in [4.78, 5) is 11.7. The number of carbonyl (C=O) groups is 1. The Morgan fingerprint density at radius 3 is 2.61 bits per heavy atom. The Balaban J connectivity index is 1.88. The summed E-state index contributed by atoms with van der Waals surface area (Å²) in [5.74, 6) is 0.322. The van der Waals surface area contributed by atoms with Gasteiger partial charge in [-0.05, 0) is 29.7 Å². The van der Waals surface area contributed by atoms with Crippen molar-refractivity contribution in [2.75, 3.05) is 26.9 Å². The summed E-state index contributed by atoms with van der Waals surface area (Å²) in [6, 6.07) is 15.5. The van der Waals surface area contributed by atoms with E-state index in [9.17, 15) is 4.79 Å². The molecular formula is C18H20ClNO3. The van der Waals surface area contributed by atoms with Crippen molar-refractivity contribution in [3.05, 3.63) is 53.6 Å². The van der Waals surface area contributed by atoms with Gasteiger partial charge in [0.05, 0.1) is 5.02 Å². The molecule has 2 aromatic rings. The fraction of sp³-hybridized carbons (Fsp3) is 0.278. The number of rotatable bonds is 8. The molecule has 0 aromatic heterocycles. The highest BCUT2D eigenvalue weighted by atomic mass is 35.5. The van der Waals surface area contributed by atoms with Crippen LogP contribution in [0.15, 0.2) is 48.5 Å². The zero-order valence-electron chi connectivity index (χ0n) is 13.0. The molecular weight excluding hydrogens is 314 g/mol. The molecule has 2 aromatic carbocycles. The molecule has 122 valence electrons. The third kappa shape index (κ3) is 5.58. The van der Waals surface area contributed by atoms with Gasteiger partial charge in [-0.1, -0.05) is 48.0 Å². The van der Waals surface area contributed by atoms with E-state index in [1.54, 1.807) is 13.2 Å². The molecule has 0 aliphatic carbocycles. The van der Waals surface area contributed by atoms with E-state index in [1.807, 2.05) is 42.5 Å². The lowest BCUT2D eigenvalue weighted by atomic mass is 10.1. The van der Waals surface area contributed by atoms with E-state index in [1.165, 1.54) is 0 Å². The minimum absolute atomic E-state index is 0.0581. The number of ether oxygens (including phenoxy) is 2. The Labute approximate surface area is 141 Å². The van der Waals surface area contributed by atoms with Crippen molar-refractivity contribution in [3.63, 3.8) is 0 Å². The first kappa shape index (κ1) is 17.3. The maximum absolute atomic E-state index is 11.7. The topological polar surface area (TPSA) is 47.6 Å². The molecule has 0 aliphatic heterocycles. The number of methoxy groups -OCH3 is 1. The highest BCUT2D eigenvalue weighted by Crippen LogP contribution is 2.30. The monoisotopic (exact) mass is 333 g/mol. The van der Waals surface area contributed by atoms with Crippen molar-refractivity contribution in [3.8, 4) is 16.9 Å². The minimum atomic E-state index is -0.177. The van der Waals surface area contributed by atoms with Crippen molar-refractivity contribution < 1.29 is 14.3 Å². The summed E-state index contributed by atoms with van der Waals surface area (Å²) in [7, 11) is 1.63. The summed E-state index contributed by atoms with van der Waals surface area (Å²) in [5, 5.41) is 3.24. The Morgan fingerprint density at radius 2 is 1.91 bits per heavy atom. The summed E-state index contributed by atoms with van der Waals surface area (Å²) in [5.41, 5.74) is 2.09. The first-order valence-electron chi connectivity index (χ1n) is 7.44. The molecule has 5 heteroatoms. The van der Waals surface area contributed by atoms with Crippen LogP contribution in [0.5, 0.6) is 5.75 Å². The maximum atomic E-state index is 11.7. The van der Waals surface area contributed by atoms with Crippen LogP contribution in [0.4, 0.5) is 0 Å². The van der Waals surface area contributed by atoms with Crippen LogP contribution < -0.4 is 10.1 Å². The van der Waals surface area contributed by atoms with Gasteiger partial charge in [0.2, 0.25) is 0 Å². The van der Waals surface area contributed by atoms with Crippen LogP contribution in [0.1, 0.15) is 6.42 Å². The normalized spacial score (nSPS) is 10.3. The average molecular weight is 334 g/mol. The Kier molecular flexibility index (Phi) is 6.91. The van der Waals surface area contributed by atoms with Crippen molar-refractivity contribution >= 4 is 17.5 Å².